The van der Waals surface area contributed by atoms with Crippen LogP contribution in [0.25, 0.3) is 0 Å². The summed E-state index contributed by atoms with van der Waals surface area (Å²) in [7, 11) is 1.33. The molecule has 124 valence electrons. The number of alkyl halides is 2. The van der Waals surface area contributed by atoms with Gasteiger partial charge in [0.15, 0.2) is 11.5 Å². The van der Waals surface area contributed by atoms with Crippen molar-refractivity contribution in [3.63, 3.8) is 0 Å². The average molecular weight is 316 g/mol. The van der Waals surface area contributed by atoms with E-state index in [1.54, 1.807) is 0 Å². The maximum atomic E-state index is 12.4. The highest BCUT2D eigenvalue weighted by Gasteiger charge is 2.27. The quantitative estimate of drug-likeness (QED) is 0.773. The molecule has 1 aromatic carbocycles. The Morgan fingerprint density at radius 1 is 1.32 bits per heavy atom. The van der Waals surface area contributed by atoms with Gasteiger partial charge >= 0.3 is 6.61 Å². The minimum atomic E-state index is -3.00. The molecule has 0 saturated heterocycles. The Balaban J connectivity index is 3.03. The summed E-state index contributed by atoms with van der Waals surface area (Å²) < 4.78 is 34.1. The predicted molar refractivity (Wildman–Crippen MR) is 79.5 cm³/mol. The highest BCUT2D eigenvalue weighted by Crippen LogP contribution is 2.29. The Morgan fingerprint density at radius 3 is 2.41 bits per heavy atom. The molecule has 0 aliphatic rings. The maximum absolute atomic E-state index is 12.4. The maximum Gasteiger partial charge on any atom is 0.387 e. The first-order chi connectivity index (χ1) is 10.4. The van der Waals surface area contributed by atoms with E-state index in [2.05, 4.69) is 10.1 Å². The van der Waals surface area contributed by atoms with E-state index in [0.717, 1.165) is 0 Å². The number of amides is 1. The van der Waals surface area contributed by atoms with Gasteiger partial charge in [-0.15, -0.1) is 0 Å². The summed E-state index contributed by atoms with van der Waals surface area (Å²) in [5.41, 5.74) is 5.43. The molecule has 0 aliphatic heterocycles. The first-order valence-electron chi connectivity index (χ1n) is 7.06. The van der Waals surface area contributed by atoms with Gasteiger partial charge in [0.2, 0.25) is 0 Å². The van der Waals surface area contributed by atoms with Crippen LogP contribution in [0.1, 0.15) is 37.0 Å². The molecule has 0 atom stereocenters. The van der Waals surface area contributed by atoms with Crippen molar-refractivity contribution in [3.8, 4) is 11.5 Å². The lowest BCUT2D eigenvalue weighted by Gasteiger charge is -2.31. The smallest absolute Gasteiger partial charge is 0.387 e. The molecule has 22 heavy (non-hydrogen) atoms. The molecule has 0 unspecified atom stereocenters. The van der Waals surface area contributed by atoms with E-state index in [0.29, 0.717) is 19.4 Å². The van der Waals surface area contributed by atoms with Crippen LogP contribution in [0.3, 0.4) is 0 Å². The number of hydrogen-bond donors (Lipinski definition) is 2. The SMILES string of the molecule is CCC(CC)(CN)NC(=O)c1ccc(OC)c(OC(F)F)c1. The zero-order valence-corrected chi connectivity index (χ0v) is 13.0. The Morgan fingerprint density at radius 2 is 1.95 bits per heavy atom. The van der Waals surface area contributed by atoms with Crippen LogP contribution >= 0.6 is 0 Å². The van der Waals surface area contributed by atoms with Crippen molar-refractivity contribution >= 4 is 5.91 Å². The van der Waals surface area contributed by atoms with Crippen LogP contribution in [0, 0.1) is 0 Å². The second-order valence-corrected chi connectivity index (χ2v) is 4.89. The number of benzene rings is 1. The van der Waals surface area contributed by atoms with E-state index in [9.17, 15) is 13.6 Å². The minimum Gasteiger partial charge on any atom is -0.493 e. The molecule has 1 rings (SSSR count). The fourth-order valence-electron chi connectivity index (χ4n) is 2.09. The van der Waals surface area contributed by atoms with E-state index in [1.165, 1.54) is 25.3 Å². The summed E-state index contributed by atoms with van der Waals surface area (Å²) >= 11 is 0. The molecule has 3 N–H and O–H groups in total. The number of rotatable bonds is 8. The molecule has 0 spiro atoms. The number of nitrogens with one attached hydrogen (secondary N) is 1. The van der Waals surface area contributed by atoms with E-state index < -0.39 is 18.1 Å². The molecule has 7 heteroatoms. The number of nitrogens with two attached hydrogens (primary N) is 1. The van der Waals surface area contributed by atoms with Crippen LogP contribution in [0.15, 0.2) is 18.2 Å². The molecule has 0 aliphatic carbocycles. The second kappa shape index (κ2) is 7.93. The first-order valence-corrected chi connectivity index (χ1v) is 7.06. The highest BCUT2D eigenvalue weighted by atomic mass is 19.3. The van der Waals surface area contributed by atoms with Gasteiger partial charge < -0.3 is 20.5 Å². The summed E-state index contributed by atoms with van der Waals surface area (Å²) in [5, 5.41) is 2.87. The third-order valence-corrected chi connectivity index (χ3v) is 3.76. The number of ether oxygens (including phenoxy) is 2. The van der Waals surface area contributed by atoms with E-state index in [1.807, 2.05) is 13.8 Å². The molecular formula is C15H22F2N2O3. The number of carbonyl (C=O) groups excluding carboxylic acids is 1. The average Bonchev–Trinajstić information content (AvgIpc) is 2.52. The van der Waals surface area contributed by atoms with Gasteiger partial charge in [-0.05, 0) is 31.0 Å². The van der Waals surface area contributed by atoms with Crippen molar-refractivity contribution in [2.75, 3.05) is 13.7 Å². The van der Waals surface area contributed by atoms with Gasteiger partial charge in [0.25, 0.3) is 5.91 Å². The monoisotopic (exact) mass is 316 g/mol. The van der Waals surface area contributed by atoms with Gasteiger partial charge in [-0.1, -0.05) is 13.8 Å². The molecule has 1 amide bonds. The molecule has 0 radical (unpaired) electrons. The third kappa shape index (κ3) is 4.30. The van der Waals surface area contributed by atoms with Crippen molar-refractivity contribution in [2.45, 2.75) is 38.8 Å². The first kappa shape index (κ1) is 18.2. The molecule has 0 fully saturated rings. The van der Waals surface area contributed by atoms with Crippen LogP contribution in [-0.2, 0) is 0 Å². The Labute approximate surface area is 128 Å². The number of methoxy groups -OCH3 is 1. The third-order valence-electron chi connectivity index (χ3n) is 3.76. The predicted octanol–water partition coefficient (Wildman–Crippen LogP) is 2.54. The summed E-state index contributed by atoms with van der Waals surface area (Å²) in [4.78, 5) is 12.3. The topological polar surface area (TPSA) is 73.6 Å². The van der Waals surface area contributed by atoms with E-state index in [-0.39, 0.29) is 17.1 Å². The molecule has 0 aromatic heterocycles. The number of hydrogen-bond acceptors (Lipinski definition) is 4. The fraction of sp³-hybridized carbons (Fsp3) is 0.533. The van der Waals surface area contributed by atoms with Crippen LogP contribution in [0.5, 0.6) is 11.5 Å². The van der Waals surface area contributed by atoms with Gasteiger partial charge in [0.05, 0.1) is 12.6 Å². The summed E-state index contributed by atoms with van der Waals surface area (Å²) in [6, 6.07) is 4.13. The Hall–Kier alpha value is -1.89. The van der Waals surface area contributed by atoms with Crippen LogP contribution in [0.2, 0.25) is 0 Å². The second-order valence-electron chi connectivity index (χ2n) is 4.89. The molecule has 0 bridgehead atoms. The van der Waals surface area contributed by atoms with Crippen molar-refractivity contribution in [3.05, 3.63) is 23.8 Å². The van der Waals surface area contributed by atoms with Gasteiger partial charge in [-0.2, -0.15) is 8.78 Å². The molecular weight excluding hydrogens is 294 g/mol. The fourth-order valence-corrected chi connectivity index (χ4v) is 2.09. The van der Waals surface area contributed by atoms with Crippen molar-refractivity contribution in [1.29, 1.82) is 0 Å². The van der Waals surface area contributed by atoms with Crippen molar-refractivity contribution in [2.24, 2.45) is 5.73 Å². The Bertz CT molecular complexity index is 497. The van der Waals surface area contributed by atoms with Crippen LogP contribution in [0.4, 0.5) is 8.78 Å². The zero-order valence-electron chi connectivity index (χ0n) is 13.0. The van der Waals surface area contributed by atoms with E-state index in [4.69, 9.17) is 10.5 Å². The van der Waals surface area contributed by atoms with Crippen LogP contribution < -0.4 is 20.5 Å². The van der Waals surface area contributed by atoms with Gasteiger partial charge in [-0.3, -0.25) is 4.79 Å². The normalized spacial score (nSPS) is 11.4. The highest BCUT2D eigenvalue weighted by molar-refractivity contribution is 5.95. The van der Waals surface area contributed by atoms with E-state index >= 15 is 0 Å². The summed E-state index contributed by atoms with van der Waals surface area (Å²) in [6.07, 6.45) is 1.34. The van der Waals surface area contributed by atoms with Crippen molar-refractivity contribution < 1.29 is 23.0 Å². The molecule has 0 heterocycles. The zero-order chi connectivity index (χ0) is 16.8. The van der Waals surface area contributed by atoms with Crippen LogP contribution in [-0.4, -0.2) is 31.7 Å². The molecule has 5 nitrogen and oxygen atoms in total. The van der Waals surface area contributed by atoms with Gasteiger partial charge in [-0.25, -0.2) is 0 Å². The van der Waals surface area contributed by atoms with Crippen molar-refractivity contribution in [1.82, 2.24) is 5.32 Å². The number of halogens is 2. The minimum absolute atomic E-state index is 0.132. The molecule has 1 aromatic rings. The summed E-state index contributed by atoms with van der Waals surface area (Å²) in [6.45, 7) is 1.15. The lowest BCUT2D eigenvalue weighted by Crippen LogP contribution is -2.52. The summed E-state index contributed by atoms with van der Waals surface area (Å²) in [5.74, 6) is -0.444. The molecule has 0 saturated carbocycles. The van der Waals surface area contributed by atoms with Gasteiger partial charge in [0, 0.05) is 12.1 Å². The van der Waals surface area contributed by atoms with Gasteiger partial charge in [0.1, 0.15) is 0 Å². The standard InChI is InChI=1S/C15H22F2N2O3/c1-4-15(5-2,9-18)19-13(20)10-6-7-11(21-3)12(8-10)22-14(16)17/h6-8,14H,4-5,9,18H2,1-3H3,(H,19,20). The Kier molecular flexibility index (Phi) is 6.55. The number of carbonyl (C=O) groups is 1. The lowest BCUT2D eigenvalue weighted by molar-refractivity contribution is -0.0512. The largest absolute Gasteiger partial charge is 0.493 e. The lowest BCUT2D eigenvalue weighted by atomic mass is 9.92.